The Hall–Kier alpha value is -1.48. The molecule has 0 aliphatic heterocycles. The van der Waals surface area contributed by atoms with Crippen molar-refractivity contribution in [2.75, 3.05) is 0 Å². The molecule has 1 heterocycles. The lowest BCUT2D eigenvalue weighted by molar-refractivity contribution is 0.927. The van der Waals surface area contributed by atoms with Gasteiger partial charge in [0, 0.05) is 6.42 Å². The molecule has 0 unspecified atom stereocenters. The standard InChI is InChI=1S/C11H10N2S/c14-11-7-6-10(12-13-11)8-9-4-2-1-3-5-9/h1-7H,8H2,(H,13,14). The van der Waals surface area contributed by atoms with Crippen LogP contribution in [0.5, 0.6) is 0 Å². The van der Waals surface area contributed by atoms with Crippen molar-refractivity contribution in [3.63, 3.8) is 0 Å². The minimum atomic E-state index is 0.668. The number of hydrogen-bond donors (Lipinski definition) is 1. The van der Waals surface area contributed by atoms with Crippen molar-refractivity contribution in [1.82, 2.24) is 10.2 Å². The fourth-order valence-electron chi connectivity index (χ4n) is 1.28. The van der Waals surface area contributed by atoms with Crippen LogP contribution in [-0.2, 0) is 6.42 Å². The van der Waals surface area contributed by atoms with Gasteiger partial charge in [0.2, 0.25) is 0 Å². The topological polar surface area (TPSA) is 28.7 Å². The molecule has 2 nitrogen and oxygen atoms in total. The largest absolute Gasteiger partial charge is 0.268 e. The summed E-state index contributed by atoms with van der Waals surface area (Å²) in [6.45, 7) is 0. The summed E-state index contributed by atoms with van der Waals surface area (Å²) in [5.74, 6) is 0. The minimum absolute atomic E-state index is 0.668. The molecule has 0 aliphatic carbocycles. The van der Waals surface area contributed by atoms with Crippen LogP contribution in [0.15, 0.2) is 42.5 Å². The van der Waals surface area contributed by atoms with E-state index in [9.17, 15) is 0 Å². The Balaban J connectivity index is 2.19. The maximum Gasteiger partial charge on any atom is 0.119 e. The van der Waals surface area contributed by atoms with Crippen molar-refractivity contribution >= 4 is 12.2 Å². The predicted molar refractivity (Wildman–Crippen MR) is 58.7 cm³/mol. The summed E-state index contributed by atoms with van der Waals surface area (Å²) >= 11 is 4.92. The van der Waals surface area contributed by atoms with Gasteiger partial charge < -0.3 is 0 Å². The highest BCUT2D eigenvalue weighted by molar-refractivity contribution is 7.71. The molecule has 70 valence electrons. The third-order valence-electron chi connectivity index (χ3n) is 1.96. The first-order chi connectivity index (χ1) is 6.84. The monoisotopic (exact) mass is 202 g/mol. The van der Waals surface area contributed by atoms with E-state index in [1.54, 1.807) is 0 Å². The van der Waals surface area contributed by atoms with Crippen molar-refractivity contribution in [1.29, 1.82) is 0 Å². The molecule has 0 amide bonds. The first-order valence-corrected chi connectivity index (χ1v) is 4.84. The van der Waals surface area contributed by atoms with Gasteiger partial charge in [-0.05, 0) is 17.7 Å². The fourth-order valence-corrected chi connectivity index (χ4v) is 1.39. The first-order valence-electron chi connectivity index (χ1n) is 4.43. The van der Waals surface area contributed by atoms with Crippen LogP contribution >= 0.6 is 12.2 Å². The molecule has 1 aromatic carbocycles. The van der Waals surface area contributed by atoms with Gasteiger partial charge in [0.15, 0.2) is 0 Å². The summed E-state index contributed by atoms with van der Waals surface area (Å²) in [4.78, 5) is 0. The predicted octanol–water partition coefficient (Wildman–Crippen LogP) is 2.73. The zero-order chi connectivity index (χ0) is 9.80. The Kier molecular flexibility index (Phi) is 2.70. The molecule has 0 saturated carbocycles. The summed E-state index contributed by atoms with van der Waals surface area (Å²) in [5, 5.41) is 6.93. The highest BCUT2D eigenvalue weighted by Crippen LogP contribution is 2.05. The SMILES string of the molecule is S=c1ccc(Cc2ccccc2)n[nH]1. The van der Waals surface area contributed by atoms with E-state index in [1.165, 1.54) is 5.56 Å². The molecule has 0 bridgehead atoms. The van der Waals surface area contributed by atoms with Crippen molar-refractivity contribution in [2.24, 2.45) is 0 Å². The van der Waals surface area contributed by atoms with E-state index in [2.05, 4.69) is 22.3 Å². The Bertz CT molecular complexity index is 442. The van der Waals surface area contributed by atoms with E-state index in [-0.39, 0.29) is 0 Å². The Morgan fingerprint density at radius 3 is 2.50 bits per heavy atom. The molecule has 0 radical (unpaired) electrons. The van der Waals surface area contributed by atoms with E-state index in [0.29, 0.717) is 4.64 Å². The molecule has 2 aromatic rings. The zero-order valence-electron chi connectivity index (χ0n) is 7.60. The summed E-state index contributed by atoms with van der Waals surface area (Å²) in [6, 6.07) is 14.1. The van der Waals surface area contributed by atoms with E-state index in [4.69, 9.17) is 12.2 Å². The van der Waals surface area contributed by atoms with E-state index >= 15 is 0 Å². The Morgan fingerprint density at radius 2 is 1.86 bits per heavy atom. The van der Waals surface area contributed by atoms with Crippen LogP contribution in [0.4, 0.5) is 0 Å². The number of nitrogens with zero attached hydrogens (tertiary/aromatic N) is 1. The van der Waals surface area contributed by atoms with E-state index in [1.807, 2.05) is 30.3 Å². The van der Waals surface area contributed by atoms with Gasteiger partial charge in [-0.1, -0.05) is 42.5 Å². The van der Waals surface area contributed by atoms with Crippen molar-refractivity contribution in [2.45, 2.75) is 6.42 Å². The normalized spacial score (nSPS) is 10.0. The summed E-state index contributed by atoms with van der Waals surface area (Å²) < 4.78 is 0.668. The molecular weight excluding hydrogens is 192 g/mol. The number of hydrogen-bond acceptors (Lipinski definition) is 2. The van der Waals surface area contributed by atoms with Crippen molar-refractivity contribution in [3.05, 3.63) is 58.4 Å². The molecule has 0 atom stereocenters. The third kappa shape index (κ3) is 2.26. The lowest BCUT2D eigenvalue weighted by atomic mass is 10.1. The number of aromatic nitrogens is 2. The van der Waals surface area contributed by atoms with Gasteiger partial charge in [0.05, 0.1) is 5.69 Å². The average Bonchev–Trinajstić information content (AvgIpc) is 2.23. The first kappa shape index (κ1) is 9.09. The molecule has 1 aromatic heterocycles. The lowest BCUT2D eigenvalue weighted by Crippen LogP contribution is -1.93. The van der Waals surface area contributed by atoms with Gasteiger partial charge in [-0.3, -0.25) is 5.10 Å². The summed E-state index contributed by atoms with van der Waals surface area (Å²) in [6.07, 6.45) is 0.840. The second-order valence-corrected chi connectivity index (χ2v) is 3.51. The number of nitrogens with one attached hydrogen (secondary N) is 1. The molecule has 1 N–H and O–H groups in total. The van der Waals surface area contributed by atoms with Gasteiger partial charge >= 0.3 is 0 Å². The second-order valence-electron chi connectivity index (χ2n) is 3.07. The minimum Gasteiger partial charge on any atom is -0.268 e. The zero-order valence-corrected chi connectivity index (χ0v) is 8.42. The quantitative estimate of drug-likeness (QED) is 0.758. The van der Waals surface area contributed by atoms with Crippen LogP contribution in [0.1, 0.15) is 11.3 Å². The Morgan fingerprint density at radius 1 is 1.07 bits per heavy atom. The molecule has 0 saturated heterocycles. The molecular formula is C11H10N2S. The van der Waals surface area contributed by atoms with Crippen molar-refractivity contribution in [3.8, 4) is 0 Å². The summed E-state index contributed by atoms with van der Waals surface area (Å²) in [7, 11) is 0. The van der Waals surface area contributed by atoms with Gasteiger partial charge in [-0.2, -0.15) is 5.10 Å². The van der Waals surface area contributed by atoms with Crippen LogP contribution in [0.3, 0.4) is 0 Å². The van der Waals surface area contributed by atoms with Gasteiger partial charge in [0.25, 0.3) is 0 Å². The maximum absolute atomic E-state index is 4.92. The molecule has 0 spiro atoms. The van der Waals surface area contributed by atoms with Crippen LogP contribution in [0.2, 0.25) is 0 Å². The second kappa shape index (κ2) is 4.15. The van der Waals surface area contributed by atoms with E-state index in [0.717, 1.165) is 12.1 Å². The Labute approximate surface area is 87.6 Å². The van der Waals surface area contributed by atoms with E-state index < -0.39 is 0 Å². The highest BCUT2D eigenvalue weighted by atomic mass is 32.1. The summed E-state index contributed by atoms with van der Waals surface area (Å²) in [5.41, 5.74) is 2.26. The molecule has 2 rings (SSSR count). The van der Waals surface area contributed by atoms with Crippen LogP contribution < -0.4 is 0 Å². The van der Waals surface area contributed by atoms with Gasteiger partial charge in [-0.15, -0.1) is 0 Å². The fraction of sp³-hybridized carbons (Fsp3) is 0.0909. The molecule has 0 aliphatic rings. The molecule has 14 heavy (non-hydrogen) atoms. The average molecular weight is 202 g/mol. The lowest BCUT2D eigenvalue weighted by Gasteiger charge is -1.99. The maximum atomic E-state index is 4.92. The third-order valence-corrected chi connectivity index (χ3v) is 2.19. The van der Waals surface area contributed by atoms with Crippen LogP contribution in [0, 0.1) is 4.64 Å². The van der Waals surface area contributed by atoms with Crippen LogP contribution in [-0.4, -0.2) is 10.2 Å². The van der Waals surface area contributed by atoms with Gasteiger partial charge in [-0.25, -0.2) is 0 Å². The number of benzene rings is 1. The number of H-pyrrole nitrogens is 1. The smallest absolute Gasteiger partial charge is 0.119 e. The van der Waals surface area contributed by atoms with Gasteiger partial charge in [0.1, 0.15) is 4.64 Å². The highest BCUT2D eigenvalue weighted by Gasteiger charge is 1.95. The number of aromatic amines is 1. The van der Waals surface area contributed by atoms with Crippen LogP contribution in [0.25, 0.3) is 0 Å². The number of rotatable bonds is 2. The molecule has 0 fully saturated rings. The molecule has 3 heteroatoms. The van der Waals surface area contributed by atoms with Crippen molar-refractivity contribution < 1.29 is 0 Å².